The molecular formula is C46H36N2O8. The molecule has 0 saturated heterocycles. The van der Waals surface area contributed by atoms with E-state index in [1.54, 1.807) is 72.8 Å². The number of carbonyl (C=O) groups is 4. The molecule has 2 aliphatic rings. The largest absolute Gasteiger partial charge is 0.457 e. The Balaban J connectivity index is 0.975. The van der Waals surface area contributed by atoms with Crippen molar-refractivity contribution in [2.45, 2.75) is 33.1 Å². The summed E-state index contributed by atoms with van der Waals surface area (Å²) in [6.45, 7) is 8.33. The van der Waals surface area contributed by atoms with E-state index in [-0.39, 0.29) is 28.0 Å². The minimum atomic E-state index is -0.491. The Hall–Kier alpha value is -7.20. The molecule has 0 saturated carbocycles. The molecule has 2 heterocycles. The molecule has 56 heavy (non-hydrogen) atoms. The van der Waals surface area contributed by atoms with E-state index in [4.69, 9.17) is 18.9 Å². The van der Waals surface area contributed by atoms with Crippen LogP contribution in [0.2, 0.25) is 0 Å². The molecule has 0 spiro atoms. The lowest BCUT2D eigenvalue weighted by Crippen LogP contribution is -2.29. The van der Waals surface area contributed by atoms with Crippen molar-refractivity contribution in [3.05, 3.63) is 161 Å². The van der Waals surface area contributed by atoms with Gasteiger partial charge in [-0.1, -0.05) is 50.6 Å². The van der Waals surface area contributed by atoms with Crippen molar-refractivity contribution in [3.63, 3.8) is 0 Å². The van der Waals surface area contributed by atoms with Gasteiger partial charge in [-0.05, 0) is 115 Å². The first-order valence-corrected chi connectivity index (χ1v) is 17.9. The van der Waals surface area contributed by atoms with E-state index < -0.39 is 17.7 Å². The van der Waals surface area contributed by atoms with Crippen LogP contribution in [0.1, 0.15) is 73.3 Å². The zero-order valence-corrected chi connectivity index (χ0v) is 31.3. The fourth-order valence-corrected chi connectivity index (χ4v) is 6.57. The first-order chi connectivity index (χ1) is 26.8. The summed E-state index contributed by atoms with van der Waals surface area (Å²) in [7, 11) is 1.43. The molecule has 0 bridgehead atoms. The Morgan fingerprint density at radius 1 is 0.446 bits per heavy atom. The summed E-state index contributed by atoms with van der Waals surface area (Å²) in [5.41, 5.74) is 3.24. The van der Waals surface area contributed by atoms with Crippen LogP contribution in [0.15, 0.2) is 127 Å². The highest BCUT2D eigenvalue weighted by molar-refractivity contribution is 6.34. The van der Waals surface area contributed by atoms with E-state index in [9.17, 15) is 19.2 Å². The van der Waals surface area contributed by atoms with Crippen LogP contribution in [-0.4, -0.2) is 35.6 Å². The molecule has 0 N–H and O–H groups in total. The molecule has 6 aromatic rings. The predicted octanol–water partition coefficient (Wildman–Crippen LogP) is 10.5. The average molecular weight is 745 g/mol. The number of rotatable bonds is 9. The molecule has 0 aromatic heterocycles. The molecular weight excluding hydrogens is 709 g/mol. The van der Waals surface area contributed by atoms with Crippen LogP contribution in [0.3, 0.4) is 0 Å². The maximum atomic E-state index is 13.7. The molecule has 0 unspecified atom stereocenters. The molecule has 0 radical (unpaired) electrons. The summed E-state index contributed by atoms with van der Waals surface area (Å²) >= 11 is 0. The van der Waals surface area contributed by atoms with Crippen molar-refractivity contribution >= 4 is 29.3 Å². The highest BCUT2D eigenvalue weighted by Crippen LogP contribution is 2.40. The zero-order valence-electron chi connectivity index (χ0n) is 31.3. The molecule has 6 aromatic carbocycles. The quantitative estimate of drug-likeness (QED) is 0.135. The number of amides is 4. The number of aryl methyl sites for hydroxylation is 1. The van der Waals surface area contributed by atoms with E-state index in [0.717, 1.165) is 26.7 Å². The highest BCUT2D eigenvalue weighted by atomic mass is 16.5. The number of anilines is 1. The number of nitrogens with zero attached hydrogens (tertiary/aromatic N) is 2. The Bertz CT molecular complexity index is 2570. The van der Waals surface area contributed by atoms with Crippen LogP contribution in [0, 0.1) is 6.92 Å². The van der Waals surface area contributed by atoms with Crippen LogP contribution in [0.25, 0.3) is 0 Å². The van der Waals surface area contributed by atoms with Crippen molar-refractivity contribution in [3.8, 4) is 46.0 Å². The maximum absolute atomic E-state index is 13.7. The summed E-state index contributed by atoms with van der Waals surface area (Å²) in [5, 5.41) is 0. The smallest absolute Gasteiger partial charge is 0.266 e. The molecule has 278 valence electrons. The van der Waals surface area contributed by atoms with Gasteiger partial charge in [-0.2, -0.15) is 0 Å². The summed E-state index contributed by atoms with van der Waals surface area (Å²) in [5.74, 6) is 2.24. The number of hydrogen-bond acceptors (Lipinski definition) is 8. The minimum absolute atomic E-state index is 0.194. The number of imide groups is 2. The van der Waals surface area contributed by atoms with Gasteiger partial charge >= 0.3 is 0 Å². The van der Waals surface area contributed by atoms with Crippen molar-refractivity contribution in [2.24, 2.45) is 0 Å². The Morgan fingerprint density at radius 3 is 1.50 bits per heavy atom. The predicted molar refractivity (Wildman–Crippen MR) is 210 cm³/mol. The third-order valence-corrected chi connectivity index (χ3v) is 9.56. The lowest BCUT2D eigenvalue weighted by molar-refractivity contribution is 0.0692. The van der Waals surface area contributed by atoms with E-state index >= 15 is 0 Å². The van der Waals surface area contributed by atoms with E-state index in [1.165, 1.54) is 19.2 Å². The van der Waals surface area contributed by atoms with Crippen LogP contribution < -0.4 is 23.8 Å². The Morgan fingerprint density at radius 2 is 0.893 bits per heavy atom. The van der Waals surface area contributed by atoms with Crippen molar-refractivity contribution in [2.75, 3.05) is 11.9 Å². The Kier molecular flexibility index (Phi) is 8.89. The number of carbonyl (C=O) groups excluding carboxylic acids is 4. The lowest BCUT2D eigenvalue weighted by Gasteiger charge is -2.24. The molecule has 4 amide bonds. The molecule has 0 aliphatic carbocycles. The van der Waals surface area contributed by atoms with Gasteiger partial charge in [0.25, 0.3) is 23.6 Å². The average Bonchev–Trinajstić information content (AvgIpc) is 3.56. The van der Waals surface area contributed by atoms with Gasteiger partial charge in [-0.3, -0.25) is 24.1 Å². The molecule has 8 rings (SSSR count). The van der Waals surface area contributed by atoms with Gasteiger partial charge < -0.3 is 18.9 Å². The molecule has 2 aliphatic heterocycles. The van der Waals surface area contributed by atoms with Crippen molar-refractivity contribution < 1.29 is 38.1 Å². The fourth-order valence-electron chi connectivity index (χ4n) is 6.57. The number of fused-ring (bicyclic) bond motifs is 2. The summed E-state index contributed by atoms with van der Waals surface area (Å²) in [4.78, 5) is 54.3. The monoisotopic (exact) mass is 744 g/mol. The SMILES string of the molecule is Cc1ccc(Oc2ccc(Oc3ccc(N4C(=O)c5ccc(Oc6ccccc6Oc6ccc7c(c6)C(=O)N(C)C7=O)cc5C4=O)cc3)c(C(C)(C)C)c2)cc1. The standard InChI is InChI=1S/C46H36N2O8/c1-27-10-14-29(15-11-27)53-33-20-23-39(38(26-33)46(2,3)4)54-30-16-12-28(13-17-30)48-44(51)35-22-19-32(25-37(35)45(48)52)56-41-9-7-6-8-40(41)55-31-18-21-34-36(24-31)43(50)47(5)42(34)49/h6-26H,1-5H3. The van der Waals surface area contributed by atoms with E-state index in [1.807, 2.05) is 49.4 Å². The normalized spacial score (nSPS) is 13.5. The molecule has 10 nitrogen and oxygen atoms in total. The lowest BCUT2D eigenvalue weighted by atomic mass is 9.86. The third-order valence-electron chi connectivity index (χ3n) is 9.56. The van der Waals surface area contributed by atoms with Crippen molar-refractivity contribution in [1.29, 1.82) is 0 Å². The number of benzene rings is 6. The van der Waals surface area contributed by atoms with Crippen LogP contribution >= 0.6 is 0 Å². The summed E-state index contributed by atoms with van der Waals surface area (Å²) in [6, 6.07) is 36.7. The first-order valence-electron chi connectivity index (χ1n) is 17.9. The zero-order chi connectivity index (χ0) is 39.3. The van der Waals surface area contributed by atoms with Gasteiger partial charge in [0.2, 0.25) is 0 Å². The second kappa shape index (κ2) is 13.9. The number of para-hydroxylation sites is 2. The van der Waals surface area contributed by atoms with Gasteiger partial charge in [0.05, 0.1) is 27.9 Å². The molecule has 0 atom stereocenters. The highest BCUT2D eigenvalue weighted by Gasteiger charge is 2.37. The third kappa shape index (κ3) is 6.73. The summed E-state index contributed by atoms with van der Waals surface area (Å²) in [6.07, 6.45) is 0. The van der Waals surface area contributed by atoms with Crippen molar-refractivity contribution in [1.82, 2.24) is 4.90 Å². The topological polar surface area (TPSA) is 112 Å². The second-order valence-electron chi connectivity index (χ2n) is 14.6. The van der Waals surface area contributed by atoms with Crippen LogP contribution in [0.5, 0.6) is 46.0 Å². The van der Waals surface area contributed by atoms with Gasteiger partial charge in [-0.25, -0.2) is 4.90 Å². The van der Waals surface area contributed by atoms with E-state index in [0.29, 0.717) is 51.5 Å². The molecule has 10 heteroatoms. The fraction of sp³-hybridized carbons (Fsp3) is 0.130. The maximum Gasteiger partial charge on any atom is 0.266 e. The van der Waals surface area contributed by atoms with Gasteiger partial charge in [-0.15, -0.1) is 0 Å². The molecule has 0 fully saturated rings. The number of hydrogen-bond donors (Lipinski definition) is 0. The summed E-state index contributed by atoms with van der Waals surface area (Å²) < 4.78 is 24.7. The van der Waals surface area contributed by atoms with Gasteiger partial charge in [0.15, 0.2) is 11.5 Å². The van der Waals surface area contributed by atoms with Crippen LogP contribution in [-0.2, 0) is 5.41 Å². The van der Waals surface area contributed by atoms with Gasteiger partial charge in [0.1, 0.15) is 34.5 Å². The van der Waals surface area contributed by atoms with Crippen LogP contribution in [0.4, 0.5) is 5.69 Å². The van der Waals surface area contributed by atoms with E-state index in [2.05, 4.69) is 20.8 Å². The first kappa shape index (κ1) is 35.8. The second-order valence-corrected chi connectivity index (χ2v) is 14.6. The number of ether oxygens (including phenoxy) is 4. The van der Waals surface area contributed by atoms with Gasteiger partial charge in [0, 0.05) is 12.6 Å². The minimum Gasteiger partial charge on any atom is -0.457 e. The Labute approximate surface area is 323 Å².